The molecule has 104 valence electrons. The van der Waals surface area contributed by atoms with Gasteiger partial charge in [-0.2, -0.15) is 0 Å². The van der Waals surface area contributed by atoms with Gasteiger partial charge in [-0.25, -0.2) is 0 Å². The quantitative estimate of drug-likeness (QED) is 0.818. The van der Waals surface area contributed by atoms with Gasteiger partial charge in [0.05, 0.1) is 10.6 Å². The predicted octanol–water partition coefficient (Wildman–Crippen LogP) is 4.10. The van der Waals surface area contributed by atoms with Gasteiger partial charge in [0.2, 0.25) is 0 Å². The molecular formula is C16H17ClN2O. The maximum Gasteiger partial charge on any atom is 0.257 e. The van der Waals surface area contributed by atoms with Gasteiger partial charge in [-0.15, -0.1) is 0 Å². The van der Waals surface area contributed by atoms with Gasteiger partial charge < -0.3 is 11.1 Å². The average Bonchev–Trinajstić information content (AvgIpc) is 2.36. The topological polar surface area (TPSA) is 55.1 Å². The Morgan fingerprint density at radius 1 is 1.10 bits per heavy atom. The SMILES string of the molecule is Cc1cccc(C(=O)Nc2c(C)cc(N)cc2C)c1Cl. The van der Waals surface area contributed by atoms with Crippen LogP contribution in [0, 0.1) is 20.8 Å². The Labute approximate surface area is 123 Å². The number of carbonyl (C=O) groups excluding carboxylic acids is 1. The normalized spacial score (nSPS) is 10.4. The second-order valence-electron chi connectivity index (χ2n) is 4.92. The van der Waals surface area contributed by atoms with E-state index in [0.29, 0.717) is 16.3 Å². The number of anilines is 2. The van der Waals surface area contributed by atoms with Gasteiger partial charge in [0, 0.05) is 11.4 Å². The first-order valence-electron chi connectivity index (χ1n) is 6.33. The summed E-state index contributed by atoms with van der Waals surface area (Å²) in [4.78, 5) is 12.3. The van der Waals surface area contributed by atoms with Crippen molar-refractivity contribution >= 4 is 28.9 Å². The summed E-state index contributed by atoms with van der Waals surface area (Å²) in [6.07, 6.45) is 0. The fourth-order valence-electron chi connectivity index (χ4n) is 2.20. The zero-order valence-corrected chi connectivity index (χ0v) is 12.5. The minimum Gasteiger partial charge on any atom is -0.399 e. The van der Waals surface area contributed by atoms with Crippen LogP contribution in [0.25, 0.3) is 0 Å². The molecule has 0 saturated heterocycles. The largest absolute Gasteiger partial charge is 0.399 e. The molecule has 0 spiro atoms. The lowest BCUT2D eigenvalue weighted by Gasteiger charge is -2.13. The standard InChI is InChI=1S/C16H17ClN2O/c1-9-5-4-6-13(14(9)17)16(20)19-15-10(2)7-12(18)8-11(15)3/h4-8H,18H2,1-3H3,(H,19,20). The molecule has 1 amide bonds. The number of amides is 1. The third-order valence-corrected chi connectivity index (χ3v) is 3.73. The first kappa shape index (κ1) is 14.4. The second kappa shape index (κ2) is 5.55. The zero-order valence-electron chi connectivity index (χ0n) is 11.8. The summed E-state index contributed by atoms with van der Waals surface area (Å²) in [6, 6.07) is 9.07. The summed E-state index contributed by atoms with van der Waals surface area (Å²) in [5.74, 6) is -0.213. The van der Waals surface area contributed by atoms with Crippen LogP contribution in [0.3, 0.4) is 0 Å². The van der Waals surface area contributed by atoms with Crippen LogP contribution in [0.4, 0.5) is 11.4 Å². The van der Waals surface area contributed by atoms with Gasteiger partial charge in [0.25, 0.3) is 5.91 Å². The lowest BCUT2D eigenvalue weighted by molar-refractivity contribution is 0.102. The highest BCUT2D eigenvalue weighted by Crippen LogP contribution is 2.26. The molecule has 0 radical (unpaired) electrons. The molecule has 2 rings (SSSR count). The Bertz CT molecular complexity index is 657. The predicted molar refractivity (Wildman–Crippen MR) is 84.5 cm³/mol. The number of benzene rings is 2. The summed E-state index contributed by atoms with van der Waals surface area (Å²) >= 11 is 6.18. The third kappa shape index (κ3) is 2.78. The molecule has 0 fully saturated rings. The molecule has 0 aliphatic carbocycles. The number of nitrogen functional groups attached to an aromatic ring is 1. The van der Waals surface area contributed by atoms with Crippen LogP contribution in [0.5, 0.6) is 0 Å². The fourth-order valence-corrected chi connectivity index (χ4v) is 2.41. The average molecular weight is 289 g/mol. The summed E-state index contributed by atoms with van der Waals surface area (Å²) in [5.41, 5.74) is 10.5. The summed E-state index contributed by atoms with van der Waals surface area (Å²) < 4.78 is 0. The number of hydrogen-bond acceptors (Lipinski definition) is 2. The van der Waals surface area contributed by atoms with Crippen molar-refractivity contribution in [1.82, 2.24) is 0 Å². The molecule has 0 unspecified atom stereocenters. The van der Waals surface area contributed by atoms with Crippen LogP contribution in [-0.4, -0.2) is 5.91 Å². The minimum absolute atomic E-state index is 0.213. The van der Waals surface area contributed by atoms with Gasteiger partial charge in [0.15, 0.2) is 0 Å². The van der Waals surface area contributed by atoms with E-state index in [1.165, 1.54) is 0 Å². The number of nitrogens with two attached hydrogens (primary N) is 1. The Morgan fingerprint density at radius 3 is 2.30 bits per heavy atom. The molecular weight excluding hydrogens is 272 g/mol. The molecule has 2 aromatic rings. The molecule has 3 N–H and O–H groups in total. The van der Waals surface area contributed by atoms with E-state index in [4.69, 9.17) is 17.3 Å². The highest BCUT2D eigenvalue weighted by atomic mass is 35.5. The van der Waals surface area contributed by atoms with Crippen LogP contribution in [0.1, 0.15) is 27.0 Å². The summed E-state index contributed by atoms with van der Waals surface area (Å²) in [5, 5.41) is 3.39. The highest BCUT2D eigenvalue weighted by Gasteiger charge is 2.14. The van der Waals surface area contributed by atoms with E-state index in [1.807, 2.05) is 45.0 Å². The first-order valence-corrected chi connectivity index (χ1v) is 6.71. The number of nitrogens with one attached hydrogen (secondary N) is 1. The van der Waals surface area contributed by atoms with E-state index >= 15 is 0 Å². The molecule has 2 aromatic carbocycles. The highest BCUT2D eigenvalue weighted by molar-refractivity contribution is 6.35. The molecule has 0 atom stereocenters. The van der Waals surface area contributed by atoms with Crippen molar-refractivity contribution < 1.29 is 4.79 Å². The number of hydrogen-bond donors (Lipinski definition) is 2. The zero-order chi connectivity index (χ0) is 14.9. The molecule has 0 saturated carbocycles. The third-order valence-electron chi connectivity index (χ3n) is 3.23. The molecule has 0 heterocycles. The maximum atomic E-state index is 12.3. The summed E-state index contributed by atoms with van der Waals surface area (Å²) in [6.45, 7) is 5.70. The van der Waals surface area contributed by atoms with Crippen molar-refractivity contribution in [2.75, 3.05) is 11.1 Å². The van der Waals surface area contributed by atoms with Crippen LogP contribution in [0.2, 0.25) is 5.02 Å². The van der Waals surface area contributed by atoms with E-state index in [2.05, 4.69) is 5.32 Å². The molecule has 0 aliphatic rings. The van der Waals surface area contributed by atoms with E-state index in [9.17, 15) is 4.79 Å². The molecule has 3 nitrogen and oxygen atoms in total. The number of halogens is 1. The Hall–Kier alpha value is -2.00. The number of rotatable bonds is 2. The van der Waals surface area contributed by atoms with Gasteiger partial charge in [0.1, 0.15) is 0 Å². The smallest absolute Gasteiger partial charge is 0.257 e. The minimum atomic E-state index is -0.213. The summed E-state index contributed by atoms with van der Waals surface area (Å²) in [7, 11) is 0. The van der Waals surface area contributed by atoms with Crippen LogP contribution < -0.4 is 11.1 Å². The van der Waals surface area contributed by atoms with E-state index in [1.54, 1.807) is 6.07 Å². The van der Waals surface area contributed by atoms with E-state index < -0.39 is 0 Å². The Morgan fingerprint density at radius 2 is 1.70 bits per heavy atom. The van der Waals surface area contributed by atoms with Crippen molar-refractivity contribution in [3.8, 4) is 0 Å². The van der Waals surface area contributed by atoms with E-state index in [0.717, 1.165) is 22.4 Å². The number of aryl methyl sites for hydroxylation is 3. The van der Waals surface area contributed by atoms with Gasteiger partial charge in [-0.3, -0.25) is 4.79 Å². The monoisotopic (exact) mass is 288 g/mol. The van der Waals surface area contributed by atoms with Crippen molar-refractivity contribution in [1.29, 1.82) is 0 Å². The molecule has 20 heavy (non-hydrogen) atoms. The van der Waals surface area contributed by atoms with E-state index in [-0.39, 0.29) is 5.91 Å². The van der Waals surface area contributed by atoms with Gasteiger partial charge in [-0.1, -0.05) is 23.7 Å². The van der Waals surface area contributed by atoms with Gasteiger partial charge in [-0.05, 0) is 55.7 Å². The Balaban J connectivity index is 2.36. The molecule has 4 heteroatoms. The molecule has 0 bridgehead atoms. The maximum absolute atomic E-state index is 12.3. The molecule has 0 aliphatic heterocycles. The van der Waals surface area contributed by atoms with Crippen molar-refractivity contribution in [3.63, 3.8) is 0 Å². The second-order valence-corrected chi connectivity index (χ2v) is 5.30. The number of carbonyl (C=O) groups is 1. The van der Waals surface area contributed by atoms with Crippen LogP contribution in [0.15, 0.2) is 30.3 Å². The van der Waals surface area contributed by atoms with Crippen molar-refractivity contribution in [2.24, 2.45) is 0 Å². The lowest BCUT2D eigenvalue weighted by atomic mass is 10.1. The van der Waals surface area contributed by atoms with Gasteiger partial charge >= 0.3 is 0 Å². The Kier molecular flexibility index (Phi) is 4.00. The van der Waals surface area contributed by atoms with Crippen molar-refractivity contribution in [2.45, 2.75) is 20.8 Å². The van der Waals surface area contributed by atoms with Crippen LogP contribution in [-0.2, 0) is 0 Å². The molecule has 0 aromatic heterocycles. The first-order chi connectivity index (χ1) is 9.40. The lowest BCUT2D eigenvalue weighted by Crippen LogP contribution is -2.14. The fraction of sp³-hybridized carbons (Fsp3) is 0.188. The van der Waals surface area contributed by atoms with Crippen molar-refractivity contribution in [3.05, 3.63) is 57.6 Å². The van der Waals surface area contributed by atoms with Crippen LogP contribution >= 0.6 is 11.6 Å².